The maximum absolute atomic E-state index is 12.8. The van der Waals surface area contributed by atoms with E-state index in [1.165, 1.54) is 11.1 Å². The minimum absolute atomic E-state index is 0.128. The Labute approximate surface area is 172 Å². The van der Waals surface area contributed by atoms with Gasteiger partial charge in [0.25, 0.3) is 5.91 Å². The summed E-state index contributed by atoms with van der Waals surface area (Å²) in [5, 5.41) is 3.60. The lowest BCUT2D eigenvalue weighted by atomic mass is 10.0. The highest BCUT2D eigenvalue weighted by atomic mass is 35.5. The maximum atomic E-state index is 12.8. The predicted molar refractivity (Wildman–Crippen MR) is 113 cm³/mol. The molecule has 0 saturated carbocycles. The van der Waals surface area contributed by atoms with Crippen LogP contribution >= 0.6 is 11.6 Å². The number of benzene rings is 2. The van der Waals surface area contributed by atoms with Gasteiger partial charge in [-0.3, -0.25) is 9.69 Å². The number of amides is 1. The second kappa shape index (κ2) is 9.41. The smallest absolute Gasteiger partial charge is 0.255 e. The van der Waals surface area contributed by atoms with Crippen LogP contribution in [0.25, 0.3) is 0 Å². The van der Waals surface area contributed by atoms with Gasteiger partial charge in [-0.15, -0.1) is 0 Å². The van der Waals surface area contributed by atoms with Crippen LogP contribution < -0.4 is 10.1 Å². The van der Waals surface area contributed by atoms with Gasteiger partial charge in [-0.2, -0.15) is 0 Å². The third-order valence-electron chi connectivity index (χ3n) is 5.30. The Hall–Kier alpha value is -2.08. The first-order valence-electron chi connectivity index (χ1n) is 9.59. The number of methoxy groups -OCH3 is 1. The second-order valence-corrected chi connectivity index (χ2v) is 7.76. The number of hydrogen-bond acceptors (Lipinski definition) is 4. The minimum atomic E-state index is -0.175. The van der Waals surface area contributed by atoms with Gasteiger partial charge in [0.05, 0.1) is 18.7 Å². The van der Waals surface area contributed by atoms with Crippen molar-refractivity contribution in [3.63, 3.8) is 0 Å². The molecule has 0 bridgehead atoms. The van der Waals surface area contributed by atoms with Gasteiger partial charge in [0.1, 0.15) is 5.75 Å². The van der Waals surface area contributed by atoms with E-state index in [4.69, 9.17) is 16.3 Å². The summed E-state index contributed by atoms with van der Waals surface area (Å²) in [6.07, 6.45) is 0. The molecule has 0 aromatic heterocycles. The van der Waals surface area contributed by atoms with E-state index in [0.29, 0.717) is 22.9 Å². The second-order valence-electron chi connectivity index (χ2n) is 7.32. The molecule has 2 aromatic carbocycles. The van der Waals surface area contributed by atoms with Crippen LogP contribution in [-0.2, 0) is 0 Å². The quantitative estimate of drug-likeness (QED) is 0.806. The molecule has 0 spiro atoms. The summed E-state index contributed by atoms with van der Waals surface area (Å²) >= 11 is 6.08. The lowest BCUT2D eigenvalue weighted by molar-refractivity contribution is 0.0883. The Morgan fingerprint density at radius 3 is 2.46 bits per heavy atom. The summed E-state index contributed by atoms with van der Waals surface area (Å²) in [6.45, 7) is 6.62. The topological polar surface area (TPSA) is 44.8 Å². The first kappa shape index (κ1) is 20.6. The van der Waals surface area contributed by atoms with Crippen LogP contribution in [0.1, 0.15) is 27.5 Å². The third-order valence-corrected chi connectivity index (χ3v) is 5.54. The van der Waals surface area contributed by atoms with Gasteiger partial charge in [-0.25, -0.2) is 0 Å². The molecule has 1 saturated heterocycles. The molecule has 3 rings (SSSR count). The van der Waals surface area contributed by atoms with Gasteiger partial charge in [0.2, 0.25) is 0 Å². The summed E-state index contributed by atoms with van der Waals surface area (Å²) in [5.74, 6) is 0.346. The summed E-state index contributed by atoms with van der Waals surface area (Å²) in [4.78, 5) is 17.6. The zero-order valence-electron chi connectivity index (χ0n) is 16.7. The highest BCUT2D eigenvalue weighted by Crippen LogP contribution is 2.25. The number of ether oxygens (including phenoxy) is 1. The Morgan fingerprint density at radius 2 is 1.82 bits per heavy atom. The Balaban J connectivity index is 1.77. The van der Waals surface area contributed by atoms with Crippen LogP contribution in [0.15, 0.2) is 42.5 Å². The molecule has 6 heteroatoms. The summed E-state index contributed by atoms with van der Waals surface area (Å²) in [7, 11) is 3.70. The fraction of sp³-hybridized carbons (Fsp3) is 0.409. The van der Waals surface area contributed by atoms with E-state index in [-0.39, 0.29) is 11.9 Å². The standard InChI is InChI=1S/C22H28ClN3O2/c1-16-4-6-17(7-5-16)20(26-12-10-25(2)11-13-26)15-24-22(27)19-14-18(23)8-9-21(19)28-3/h4-9,14,20H,10-13,15H2,1-3H3,(H,24,27)/t20-/m0/s1. The summed E-state index contributed by atoms with van der Waals surface area (Å²) in [5.41, 5.74) is 2.90. The normalized spacial score (nSPS) is 16.6. The first-order chi connectivity index (χ1) is 13.5. The fourth-order valence-electron chi connectivity index (χ4n) is 3.52. The summed E-state index contributed by atoms with van der Waals surface area (Å²) < 4.78 is 5.32. The van der Waals surface area contributed by atoms with Gasteiger partial charge < -0.3 is 15.0 Å². The number of nitrogens with zero attached hydrogens (tertiary/aromatic N) is 2. The molecule has 1 aliphatic heterocycles. The van der Waals surface area contributed by atoms with Crippen molar-refractivity contribution in [2.45, 2.75) is 13.0 Å². The zero-order valence-corrected chi connectivity index (χ0v) is 17.5. The van der Waals surface area contributed by atoms with Crippen LogP contribution in [0.2, 0.25) is 5.02 Å². The highest BCUT2D eigenvalue weighted by Gasteiger charge is 2.25. The van der Waals surface area contributed by atoms with Crippen LogP contribution in [0.4, 0.5) is 0 Å². The van der Waals surface area contributed by atoms with Crippen molar-refractivity contribution < 1.29 is 9.53 Å². The molecule has 1 atom stereocenters. The van der Waals surface area contributed by atoms with Crippen molar-refractivity contribution >= 4 is 17.5 Å². The number of carbonyl (C=O) groups excluding carboxylic acids is 1. The van der Waals surface area contributed by atoms with Crippen molar-refractivity contribution in [1.82, 2.24) is 15.1 Å². The van der Waals surface area contributed by atoms with Crippen molar-refractivity contribution in [2.75, 3.05) is 46.9 Å². The van der Waals surface area contributed by atoms with Crippen molar-refractivity contribution in [2.24, 2.45) is 0 Å². The van der Waals surface area contributed by atoms with Crippen LogP contribution in [0, 0.1) is 6.92 Å². The van der Waals surface area contributed by atoms with Gasteiger partial charge in [0.15, 0.2) is 0 Å². The number of carbonyl (C=O) groups is 1. The maximum Gasteiger partial charge on any atom is 0.255 e. The molecule has 28 heavy (non-hydrogen) atoms. The summed E-state index contributed by atoms with van der Waals surface area (Å²) in [6, 6.07) is 13.8. The fourth-order valence-corrected chi connectivity index (χ4v) is 3.69. The number of piperazine rings is 1. The monoisotopic (exact) mass is 401 g/mol. The molecule has 1 N–H and O–H groups in total. The molecule has 0 radical (unpaired) electrons. The SMILES string of the molecule is COc1ccc(Cl)cc1C(=O)NC[C@@H](c1ccc(C)cc1)N1CCN(C)CC1. The first-order valence-corrected chi connectivity index (χ1v) is 9.96. The molecule has 1 aliphatic rings. The van der Waals surface area contributed by atoms with Crippen molar-refractivity contribution in [3.05, 3.63) is 64.2 Å². The van der Waals surface area contributed by atoms with Crippen LogP contribution in [-0.4, -0.2) is 62.6 Å². The lowest BCUT2D eigenvalue weighted by Gasteiger charge is -2.38. The number of nitrogens with one attached hydrogen (secondary N) is 1. The van der Waals surface area contributed by atoms with Gasteiger partial charge in [0, 0.05) is 37.7 Å². The van der Waals surface area contributed by atoms with E-state index in [2.05, 4.69) is 53.4 Å². The third kappa shape index (κ3) is 5.04. The number of hydrogen-bond donors (Lipinski definition) is 1. The Kier molecular flexibility index (Phi) is 6.94. The van der Waals surface area contributed by atoms with E-state index in [1.54, 1.807) is 25.3 Å². The Morgan fingerprint density at radius 1 is 1.14 bits per heavy atom. The zero-order chi connectivity index (χ0) is 20.1. The number of halogens is 1. The molecule has 2 aromatic rings. The van der Waals surface area contributed by atoms with E-state index in [9.17, 15) is 4.79 Å². The molecule has 0 aliphatic carbocycles. The molecule has 5 nitrogen and oxygen atoms in total. The van der Waals surface area contributed by atoms with Gasteiger partial charge >= 0.3 is 0 Å². The molecule has 1 amide bonds. The van der Waals surface area contributed by atoms with Gasteiger partial charge in [-0.1, -0.05) is 41.4 Å². The Bertz CT molecular complexity index is 802. The number of likely N-dealkylation sites (N-methyl/N-ethyl adjacent to an activating group) is 1. The average molecular weight is 402 g/mol. The number of aryl methyl sites for hydroxylation is 1. The van der Waals surface area contributed by atoms with Crippen molar-refractivity contribution in [3.8, 4) is 5.75 Å². The predicted octanol–water partition coefficient (Wildman–Crippen LogP) is 3.38. The highest BCUT2D eigenvalue weighted by molar-refractivity contribution is 6.31. The molecular formula is C22H28ClN3O2. The lowest BCUT2D eigenvalue weighted by Crippen LogP contribution is -2.48. The minimum Gasteiger partial charge on any atom is -0.496 e. The molecule has 0 unspecified atom stereocenters. The van der Waals surface area contributed by atoms with E-state index >= 15 is 0 Å². The largest absolute Gasteiger partial charge is 0.496 e. The molecule has 1 fully saturated rings. The molecule has 150 valence electrons. The van der Waals surface area contributed by atoms with Crippen LogP contribution in [0.5, 0.6) is 5.75 Å². The van der Waals surface area contributed by atoms with E-state index in [0.717, 1.165) is 26.2 Å². The van der Waals surface area contributed by atoms with Crippen LogP contribution in [0.3, 0.4) is 0 Å². The van der Waals surface area contributed by atoms with E-state index in [1.807, 2.05) is 0 Å². The number of rotatable bonds is 6. The van der Waals surface area contributed by atoms with E-state index < -0.39 is 0 Å². The average Bonchev–Trinajstić information content (AvgIpc) is 2.70. The molecular weight excluding hydrogens is 374 g/mol. The molecule has 1 heterocycles. The van der Waals surface area contributed by atoms with Gasteiger partial charge in [-0.05, 0) is 37.7 Å². The van der Waals surface area contributed by atoms with Crippen molar-refractivity contribution in [1.29, 1.82) is 0 Å².